The molecule has 0 unspecified atom stereocenters. The minimum atomic E-state index is -0.164. The molecule has 7 nitrogen and oxygen atoms in total. The first-order chi connectivity index (χ1) is 15.5. The molecular weight excluding hydrogens is 400 g/mol. The Bertz CT molecular complexity index is 931. The zero-order valence-corrected chi connectivity index (χ0v) is 19.2. The van der Waals surface area contributed by atoms with Gasteiger partial charge in [-0.3, -0.25) is 9.80 Å². The van der Waals surface area contributed by atoms with Gasteiger partial charge in [-0.15, -0.1) is 0 Å². The SMILES string of the molecule is CN(C)[C@]1(c2ccccc2)CC[C@@]2(CC1)CN(c1ccc(N3CCNCC3)nc1)C(=O)N2. The first-order valence-electron chi connectivity index (χ1n) is 11.8. The molecule has 32 heavy (non-hydrogen) atoms. The highest BCUT2D eigenvalue weighted by Crippen LogP contribution is 2.46. The van der Waals surface area contributed by atoms with Crippen LogP contribution in [0, 0.1) is 0 Å². The lowest BCUT2D eigenvalue weighted by atomic mass is 9.69. The molecule has 2 aliphatic heterocycles. The molecule has 2 saturated heterocycles. The van der Waals surface area contributed by atoms with Gasteiger partial charge in [-0.1, -0.05) is 30.3 Å². The standard InChI is InChI=1S/C25H34N6O/c1-29(2)25(20-6-4-3-5-7-20)12-10-24(11-13-25)19-31(23(32)28-24)21-8-9-22(27-18-21)30-16-14-26-15-17-30/h3-9,18,26H,10-17,19H2,1-2H3,(H,28,32)/t24-,25-. The van der Waals surface area contributed by atoms with Crippen molar-refractivity contribution in [3.8, 4) is 0 Å². The second-order valence-electron chi connectivity index (χ2n) is 9.70. The van der Waals surface area contributed by atoms with E-state index in [1.165, 1.54) is 5.56 Å². The number of nitrogens with one attached hydrogen (secondary N) is 2. The third-order valence-corrected chi connectivity index (χ3v) is 7.76. The van der Waals surface area contributed by atoms with E-state index in [0.717, 1.165) is 63.4 Å². The molecule has 1 aromatic carbocycles. The van der Waals surface area contributed by atoms with Gasteiger partial charge in [-0.2, -0.15) is 0 Å². The second-order valence-corrected chi connectivity index (χ2v) is 9.70. The second kappa shape index (κ2) is 8.37. The molecule has 1 spiro atoms. The summed E-state index contributed by atoms with van der Waals surface area (Å²) in [6.45, 7) is 4.61. The molecule has 0 atom stereocenters. The quantitative estimate of drug-likeness (QED) is 0.775. The number of nitrogens with zero attached hydrogens (tertiary/aromatic N) is 4. The molecule has 0 radical (unpaired) electrons. The molecule has 1 aliphatic carbocycles. The van der Waals surface area contributed by atoms with Crippen LogP contribution < -0.4 is 20.4 Å². The van der Waals surface area contributed by atoms with Gasteiger partial charge in [0.15, 0.2) is 0 Å². The van der Waals surface area contributed by atoms with Crippen molar-refractivity contribution in [2.75, 3.05) is 56.6 Å². The van der Waals surface area contributed by atoms with E-state index in [1.54, 1.807) is 0 Å². The van der Waals surface area contributed by atoms with Crippen molar-refractivity contribution in [1.29, 1.82) is 0 Å². The Labute approximate surface area is 190 Å². The van der Waals surface area contributed by atoms with Gasteiger partial charge in [-0.25, -0.2) is 9.78 Å². The zero-order chi connectivity index (χ0) is 22.2. The number of anilines is 2. The molecule has 3 aliphatic rings. The summed E-state index contributed by atoms with van der Waals surface area (Å²) in [6.07, 6.45) is 5.84. The van der Waals surface area contributed by atoms with E-state index in [9.17, 15) is 4.79 Å². The molecule has 1 saturated carbocycles. The van der Waals surface area contributed by atoms with Gasteiger partial charge < -0.3 is 15.5 Å². The number of hydrogen-bond donors (Lipinski definition) is 2. The van der Waals surface area contributed by atoms with Crippen LogP contribution in [0.5, 0.6) is 0 Å². The van der Waals surface area contributed by atoms with Crippen LogP contribution in [-0.4, -0.2) is 68.3 Å². The number of carbonyl (C=O) groups is 1. The summed E-state index contributed by atoms with van der Waals surface area (Å²) in [4.78, 5) is 24.2. The van der Waals surface area contributed by atoms with Crippen LogP contribution in [-0.2, 0) is 5.54 Å². The van der Waals surface area contributed by atoms with Crippen LogP contribution in [0.25, 0.3) is 0 Å². The largest absolute Gasteiger partial charge is 0.354 e. The number of rotatable bonds is 4. The molecule has 0 bridgehead atoms. The minimum absolute atomic E-state index is 0.00112. The molecule has 170 valence electrons. The molecule has 3 fully saturated rings. The highest BCUT2D eigenvalue weighted by Gasteiger charge is 2.50. The third-order valence-electron chi connectivity index (χ3n) is 7.76. The van der Waals surface area contributed by atoms with Crippen molar-refractivity contribution in [3.05, 3.63) is 54.2 Å². The van der Waals surface area contributed by atoms with Crippen LogP contribution in [0.1, 0.15) is 31.2 Å². The average molecular weight is 435 g/mol. The van der Waals surface area contributed by atoms with Crippen LogP contribution in [0.2, 0.25) is 0 Å². The van der Waals surface area contributed by atoms with Crippen molar-refractivity contribution in [1.82, 2.24) is 20.5 Å². The van der Waals surface area contributed by atoms with E-state index in [2.05, 4.69) is 69.8 Å². The van der Waals surface area contributed by atoms with Gasteiger partial charge >= 0.3 is 6.03 Å². The molecular formula is C25H34N6O. The van der Waals surface area contributed by atoms with E-state index >= 15 is 0 Å². The van der Waals surface area contributed by atoms with Crippen molar-refractivity contribution < 1.29 is 4.79 Å². The summed E-state index contributed by atoms with van der Waals surface area (Å²) in [5.74, 6) is 0.987. The molecule has 3 heterocycles. The minimum Gasteiger partial charge on any atom is -0.354 e. The van der Waals surface area contributed by atoms with Crippen molar-refractivity contribution >= 4 is 17.5 Å². The fourth-order valence-corrected chi connectivity index (χ4v) is 5.70. The molecule has 5 rings (SSSR count). The van der Waals surface area contributed by atoms with Crippen molar-refractivity contribution in [2.45, 2.75) is 36.8 Å². The summed E-state index contributed by atoms with van der Waals surface area (Å²) >= 11 is 0. The number of urea groups is 1. The molecule has 7 heteroatoms. The number of pyridine rings is 1. The summed E-state index contributed by atoms with van der Waals surface area (Å²) in [5, 5.41) is 6.71. The highest BCUT2D eigenvalue weighted by atomic mass is 16.2. The lowest BCUT2D eigenvalue weighted by Crippen LogP contribution is -2.54. The average Bonchev–Trinajstić information content (AvgIpc) is 3.16. The summed E-state index contributed by atoms with van der Waals surface area (Å²) in [6, 6.07) is 14.9. The predicted octanol–water partition coefficient (Wildman–Crippen LogP) is 2.79. The Balaban J connectivity index is 1.30. The maximum atomic E-state index is 13.0. The van der Waals surface area contributed by atoms with Crippen LogP contribution in [0.15, 0.2) is 48.7 Å². The lowest BCUT2D eigenvalue weighted by Gasteiger charge is -2.48. The Kier molecular flexibility index (Phi) is 5.55. The van der Waals surface area contributed by atoms with Gasteiger partial charge in [0.25, 0.3) is 0 Å². The van der Waals surface area contributed by atoms with Gasteiger partial charge in [0.05, 0.1) is 24.0 Å². The van der Waals surface area contributed by atoms with E-state index in [1.807, 2.05) is 23.2 Å². The predicted molar refractivity (Wildman–Crippen MR) is 128 cm³/mol. The summed E-state index contributed by atoms with van der Waals surface area (Å²) in [5.41, 5.74) is 2.11. The Morgan fingerprint density at radius 3 is 2.31 bits per heavy atom. The fourth-order valence-electron chi connectivity index (χ4n) is 5.70. The Hall–Kier alpha value is -2.64. The number of benzene rings is 1. The smallest absolute Gasteiger partial charge is 0.322 e. The topological polar surface area (TPSA) is 63.7 Å². The molecule has 2 N–H and O–H groups in total. The Morgan fingerprint density at radius 2 is 1.69 bits per heavy atom. The maximum absolute atomic E-state index is 13.0. The number of hydrogen-bond acceptors (Lipinski definition) is 5. The third kappa shape index (κ3) is 3.73. The molecule has 2 aromatic rings. The molecule has 1 aromatic heterocycles. The number of carbonyl (C=O) groups excluding carboxylic acids is 1. The number of piperazine rings is 1. The van der Waals surface area contributed by atoms with Crippen LogP contribution >= 0.6 is 0 Å². The first-order valence-corrected chi connectivity index (χ1v) is 11.8. The van der Waals surface area contributed by atoms with Crippen LogP contribution in [0.3, 0.4) is 0 Å². The number of aromatic nitrogens is 1. The Morgan fingerprint density at radius 1 is 0.969 bits per heavy atom. The fraction of sp³-hybridized carbons (Fsp3) is 0.520. The van der Waals surface area contributed by atoms with Gasteiger partial charge in [0, 0.05) is 31.7 Å². The summed E-state index contributed by atoms with van der Waals surface area (Å²) in [7, 11) is 4.35. The van der Waals surface area contributed by atoms with Gasteiger partial charge in [0.1, 0.15) is 5.82 Å². The van der Waals surface area contributed by atoms with Crippen LogP contribution in [0.4, 0.5) is 16.3 Å². The monoisotopic (exact) mass is 434 g/mol. The maximum Gasteiger partial charge on any atom is 0.322 e. The van der Waals surface area contributed by atoms with E-state index in [-0.39, 0.29) is 17.1 Å². The zero-order valence-electron chi connectivity index (χ0n) is 19.2. The van der Waals surface area contributed by atoms with Gasteiger partial charge in [-0.05, 0) is 57.5 Å². The normalized spacial score (nSPS) is 28.4. The van der Waals surface area contributed by atoms with Gasteiger partial charge in [0.2, 0.25) is 0 Å². The van der Waals surface area contributed by atoms with E-state index in [0.29, 0.717) is 6.54 Å². The summed E-state index contributed by atoms with van der Waals surface area (Å²) < 4.78 is 0. The molecule has 2 amide bonds. The highest BCUT2D eigenvalue weighted by molar-refractivity contribution is 5.95. The number of amides is 2. The van der Waals surface area contributed by atoms with E-state index in [4.69, 9.17) is 0 Å². The van der Waals surface area contributed by atoms with E-state index < -0.39 is 0 Å². The van der Waals surface area contributed by atoms with Crippen molar-refractivity contribution in [3.63, 3.8) is 0 Å². The van der Waals surface area contributed by atoms with Crippen molar-refractivity contribution in [2.24, 2.45) is 0 Å². The first kappa shape index (κ1) is 21.2. The lowest BCUT2D eigenvalue weighted by molar-refractivity contribution is 0.0658.